The minimum atomic E-state index is -0.0274. The molecule has 176 valence electrons. The average Bonchev–Trinajstić information content (AvgIpc) is 3.55. The number of nitrogens with zero attached hydrogens (tertiary/aromatic N) is 2. The third-order valence-corrected chi connectivity index (χ3v) is 7.63. The quantitative estimate of drug-likeness (QED) is 0.598. The zero-order valence-corrected chi connectivity index (χ0v) is 19.7. The highest BCUT2D eigenvalue weighted by molar-refractivity contribution is 7.13. The van der Waals surface area contributed by atoms with Crippen molar-refractivity contribution >= 4 is 22.9 Å². The van der Waals surface area contributed by atoms with Gasteiger partial charge >= 0.3 is 0 Å². The molecule has 1 N–H and O–H groups in total. The molecule has 3 aliphatic heterocycles. The maximum Gasteiger partial charge on any atom is 0.287 e. The number of benzene rings is 2. The van der Waals surface area contributed by atoms with Crippen molar-refractivity contribution in [1.82, 2.24) is 10.3 Å². The highest BCUT2D eigenvalue weighted by atomic mass is 32.1. The average molecular weight is 478 g/mol. The number of hydrogen-bond donors (Lipinski definition) is 1. The molecule has 1 amide bonds. The lowest BCUT2D eigenvalue weighted by Crippen LogP contribution is -2.34. The second-order valence-corrected chi connectivity index (χ2v) is 9.88. The Morgan fingerprint density at radius 3 is 2.82 bits per heavy atom. The van der Waals surface area contributed by atoms with Gasteiger partial charge in [-0.3, -0.25) is 4.79 Å². The summed E-state index contributed by atoms with van der Waals surface area (Å²) in [6.07, 6.45) is 4.70. The van der Waals surface area contributed by atoms with Gasteiger partial charge in [-0.1, -0.05) is 18.2 Å². The van der Waals surface area contributed by atoms with Crippen molar-refractivity contribution in [3.63, 3.8) is 0 Å². The largest absolute Gasteiger partial charge is 0.486 e. The molecule has 0 bridgehead atoms. The van der Waals surface area contributed by atoms with E-state index < -0.39 is 0 Å². The summed E-state index contributed by atoms with van der Waals surface area (Å²) in [5.74, 6) is 1.53. The maximum absolute atomic E-state index is 13.4. The number of ether oxygens (including phenoxy) is 3. The number of nitrogens with one attached hydrogen (secondary N) is 1. The maximum atomic E-state index is 13.4. The molecular weight excluding hydrogens is 450 g/mol. The topological polar surface area (TPSA) is 72.9 Å². The predicted molar refractivity (Wildman–Crippen MR) is 131 cm³/mol. The summed E-state index contributed by atoms with van der Waals surface area (Å²) >= 11 is 1.48. The van der Waals surface area contributed by atoms with Crippen molar-refractivity contribution in [3.8, 4) is 22.6 Å². The molecule has 34 heavy (non-hydrogen) atoms. The van der Waals surface area contributed by atoms with Gasteiger partial charge < -0.3 is 24.4 Å². The Morgan fingerprint density at radius 1 is 1.09 bits per heavy atom. The van der Waals surface area contributed by atoms with Gasteiger partial charge in [0.2, 0.25) is 0 Å². The smallest absolute Gasteiger partial charge is 0.287 e. The van der Waals surface area contributed by atoms with Gasteiger partial charge in [-0.15, -0.1) is 11.3 Å². The lowest BCUT2D eigenvalue weighted by molar-refractivity contribution is 0.0776. The minimum Gasteiger partial charge on any atom is -0.486 e. The van der Waals surface area contributed by atoms with Crippen LogP contribution in [-0.4, -0.2) is 49.9 Å². The summed E-state index contributed by atoms with van der Waals surface area (Å²) < 4.78 is 16.9. The van der Waals surface area contributed by atoms with Gasteiger partial charge in [0.25, 0.3) is 5.91 Å². The third-order valence-electron chi connectivity index (χ3n) is 6.65. The number of aromatic nitrogens is 1. The standard InChI is InChI=1S/C26H27N3O4S/c30-26(25-28-16-19(34-25)15-27-18-7-10-31-11-8-18)29-9-6-21-20(2-1-3-22(21)29)17-4-5-23-24(14-17)33-13-12-32-23/h1-5,14,16,18,27H,6-13,15H2. The zero-order valence-electron chi connectivity index (χ0n) is 18.9. The summed E-state index contributed by atoms with van der Waals surface area (Å²) in [5.41, 5.74) is 4.36. The van der Waals surface area contributed by atoms with Crippen LogP contribution in [0, 0.1) is 0 Å². The van der Waals surface area contributed by atoms with E-state index in [4.69, 9.17) is 14.2 Å². The van der Waals surface area contributed by atoms with E-state index in [9.17, 15) is 4.79 Å². The molecule has 4 heterocycles. The van der Waals surface area contributed by atoms with Crippen LogP contribution in [0.3, 0.4) is 0 Å². The van der Waals surface area contributed by atoms with E-state index in [1.54, 1.807) is 0 Å². The number of hydrogen-bond acceptors (Lipinski definition) is 7. The van der Waals surface area contributed by atoms with Crippen molar-refractivity contribution in [1.29, 1.82) is 0 Å². The van der Waals surface area contributed by atoms with Crippen LogP contribution in [0.1, 0.15) is 33.1 Å². The molecule has 1 aromatic heterocycles. The fourth-order valence-electron chi connectivity index (χ4n) is 4.88. The molecule has 6 rings (SSSR count). The molecule has 0 atom stereocenters. The van der Waals surface area contributed by atoms with Crippen LogP contribution < -0.4 is 19.7 Å². The van der Waals surface area contributed by atoms with E-state index in [2.05, 4.69) is 22.4 Å². The van der Waals surface area contributed by atoms with Crippen LogP contribution in [0.15, 0.2) is 42.6 Å². The molecule has 0 radical (unpaired) electrons. The van der Waals surface area contributed by atoms with Crippen molar-refractivity contribution in [2.24, 2.45) is 0 Å². The summed E-state index contributed by atoms with van der Waals surface area (Å²) in [6.45, 7) is 4.16. The first-order valence-corrected chi connectivity index (χ1v) is 12.7. The van der Waals surface area contributed by atoms with E-state index >= 15 is 0 Å². The van der Waals surface area contributed by atoms with Crippen molar-refractivity contribution in [2.45, 2.75) is 31.8 Å². The van der Waals surface area contributed by atoms with Crippen LogP contribution in [0.4, 0.5) is 5.69 Å². The molecule has 1 saturated heterocycles. The number of thiazole rings is 1. The normalized spacial score (nSPS) is 17.6. The lowest BCUT2D eigenvalue weighted by Gasteiger charge is -2.22. The first-order valence-electron chi connectivity index (χ1n) is 11.9. The number of fused-ring (bicyclic) bond motifs is 2. The van der Waals surface area contributed by atoms with Crippen LogP contribution in [-0.2, 0) is 17.7 Å². The molecule has 3 aliphatic rings. The molecule has 1 fully saturated rings. The number of amides is 1. The molecule has 0 aliphatic carbocycles. The van der Waals surface area contributed by atoms with Crippen LogP contribution >= 0.6 is 11.3 Å². The van der Waals surface area contributed by atoms with Crippen molar-refractivity contribution in [3.05, 3.63) is 58.0 Å². The first-order chi connectivity index (χ1) is 16.8. The molecular formula is C26H27N3O4S. The molecule has 0 saturated carbocycles. The molecule has 7 nitrogen and oxygen atoms in total. The van der Waals surface area contributed by atoms with Crippen LogP contribution in [0.25, 0.3) is 11.1 Å². The third kappa shape index (κ3) is 4.17. The fourth-order valence-corrected chi connectivity index (χ4v) is 5.69. The summed E-state index contributed by atoms with van der Waals surface area (Å²) in [4.78, 5) is 20.8. The van der Waals surface area contributed by atoms with E-state index in [1.165, 1.54) is 16.9 Å². The van der Waals surface area contributed by atoms with E-state index in [0.29, 0.717) is 30.8 Å². The van der Waals surface area contributed by atoms with E-state index in [1.807, 2.05) is 35.4 Å². The molecule has 0 spiro atoms. The van der Waals surface area contributed by atoms with Gasteiger partial charge in [-0.2, -0.15) is 0 Å². The van der Waals surface area contributed by atoms with Gasteiger partial charge in [0, 0.05) is 49.1 Å². The SMILES string of the molecule is O=C(c1ncc(CNC2CCOCC2)s1)N1CCc2c(-c3ccc4c(c3)OCCO4)cccc21. The molecule has 2 aromatic carbocycles. The van der Waals surface area contributed by atoms with Gasteiger partial charge in [-0.05, 0) is 54.2 Å². The highest BCUT2D eigenvalue weighted by Gasteiger charge is 2.29. The van der Waals surface area contributed by atoms with Gasteiger partial charge in [-0.25, -0.2) is 4.98 Å². The summed E-state index contributed by atoms with van der Waals surface area (Å²) in [6, 6.07) is 12.7. The Morgan fingerprint density at radius 2 is 1.94 bits per heavy atom. The zero-order chi connectivity index (χ0) is 22.9. The van der Waals surface area contributed by atoms with Gasteiger partial charge in [0.15, 0.2) is 16.5 Å². The summed E-state index contributed by atoms with van der Waals surface area (Å²) in [7, 11) is 0. The summed E-state index contributed by atoms with van der Waals surface area (Å²) in [5, 5.41) is 4.11. The Labute approximate surface area is 202 Å². The first kappa shape index (κ1) is 21.6. The number of carbonyl (C=O) groups is 1. The number of carbonyl (C=O) groups excluding carboxylic acids is 1. The lowest BCUT2D eigenvalue weighted by atomic mass is 9.97. The van der Waals surface area contributed by atoms with Gasteiger partial charge in [0.05, 0.1) is 0 Å². The molecule has 0 unspecified atom stereocenters. The Kier molecular flexibility index (Phi) is 5.95. The molecule has 8 heteroatoms. The number of anilines is 1. The second kappa shape index (κ2) is 9.37. The highest BCUT2D eigenvalue weighted by Crippen LogP contribution is 2.40. The monoisotopic (exact) mass is 477 g/mol. The Hall–Kier alpha value is -2.94. The Balaban J connectivity index is 1.19. The number of rotatable bonds is 5. The van der Waals surface area contributed by atoms with Gasteiger partial charge in [0.1, 0.15) is 13.2 Å². The van der Waals surface area contributed by atoms with Crippen molar-refractivity contribution < 1.29 is 19.0 Å². The van der Waals surface area contributed by atoms with Crippen LogP contribution in [0.5, 0.6) is 11.5 Å². The second-order valence-electron chi connectivity index (χ2n) is 8.77. The van der Waals surface area contributed by atoms with E-state index in [0.717, 1.165) is 72.2 Å². The van der Waals surface area contributed by atoms with Crippen molar-refractivity contribution in [2.75, 3.05) is 37.9 Å². The van der Waals surface area contributed by atoms with Crippen LogP contribution in [0.2, 0.25) is 0 Å². The Bertz CT molecular complexity index is 1200. The van der Waals surface area contributed by atoms with E-state index in [-0.39, 0.29) is 5.91 Å². The predicted octanol–water partition coefficient (Wildman–Crippen LogP) is 4.05. The molecule has 3 aromatic rings. The minimum absolute atomic E-state index is 0.0274. The fraction of sp³-hybridized carbons (Fsp3) is 0.385.